The molecule has 0 rings (SSSR count). The van der Waals surface area contributed by atoms with Crippen molar-refractivity contribution >= 4 is 6.01 Å². The molecule has 0 fully saturated rings. The normalized spacial score (nSPS) is 8.67. The van der Waals surface area contributed by atoms with Gasteiger partial charge in [-0.05, 0) is 34.0 Å². The summed E-state index contributed by atoms with van der Waals surface area (Å²) in [7, 11) is 4.12. The summed E-state index contributed by atoms with van der Waals surface area (Å²) in [6, 6.07) is 2.64. The summed E-state index contributed by atoms with van der Waals surface area (Å²) >= 11 is 0. The first-order chi connectivity index (χ1) is 5.27. The maximum Gasteiger partial charge on any atom is 1.00 e. The Labute approximate surface area is 98.7 Å². The van der Waals surface area contributed by atoms with E-state index in [-0.39, 0.29) is 31.0 Å². The minimum absolute atomic E-state index is 0. The zero-order valence-corrected chi connectivity index (χ0v) is 10.7. The molecular formula is C8H18N3Na. The minimum Gasteiger partial charge on any atom is -1.00 e. The molecule has 0 radical (unpaired) electrons. The molecule has 0 saturated carbocycles. The Hall–Kier alpha value is 0.340. The topological polar surface area (TPSA) is 28.0 Å². The summed E-state index contributed by atoms with van der Waals surface area (Å²) < 4.78 is 0. The van der Waals surface area contributed by atoms with E-state index >= 15 is 0 Å². The smallest absolute Gasteiger partial charge is 1.00 e. The number of nitrogens with zero attached hydrogens (tertiary/aromatic N) is 3. The van der Waals surface area contributed by atoms with E-state index < -0.39 is 0 Å². The molecule has 0 aromatic heterocycles. The molecular weight excluding hydrogens is 161 g/mol. The van der Waals surface area contributed by atoms with Crippen LogP contribution in [0.4, 0.5) is 0 Å². The van der Waals surface area contributed by atoms with Crippen molar-refractivity contribution in [2.24, 2.45) is 9.98 Å². The molecule has 0 aromatic rings. The molecule has 0 bridgehead atoms. The van der Waals surface area contributed by atoms with E-state index in [2.05, 4.69) is 35.0 Å². The summed E-state index contributed by atoms with van der Waals surface area (Å²) in [5.74, 6) is 0. The summed E-state index contributed by atoms with van der Waals surface area (Å²) in [6.45, 7) is 4.67. The van der Waals surface area contributed by atoms with Gasteiger partial charge in [-0.2, -0.15) is 0 Å². The van der Waals surface area contributed by atoms with Gasteiger partial charge in [0.2, 0.25) is 0 Å². The van der Waals surface area contributed by atoms with E-state index in [1.54, 1.807) is 0 Å². The van der Waals surface area contributed by atoms with Gasteiger partial charge in [0.25, 0.3) is 0 Å². The van der Waals surface area contributed by atoms with Gasteiger partial charge in [0.05, 0.1) is 12.6 Å². The molecule has 0 aliphatic rings. The van der Waals surface area contributed by atoms with E-state index in [1.165, 1.54) is 0 Å². The molecule has 0 heterocycles. The molecule has 12 heavy (non-hydrogen) atoms. The zero-order valence-electron chi connectivity index (χ0n) is 9.67. The van der Waals surface area contributed by atoms with Crippen molar-refractivity contribution in [3.8, 4) is 0 Å². The second-order valence-corrected chi connectivity index (χ2v) is 2.61. The maximum atomic E-state index is 3.99. The third-order valence-corrected chi connectivity index (χ3v) is 1.17. The minimum atomic E-state index is 0. The molecule has 0 atom stereocenters. The second kappa shape index (κ2) is 11.3. The van der Waals surface area contributed by atoms with Crippen LogP contribution < -0.4 is 29.6 Å². The SMILES string of the molecule is CCN=C=NCCCN(C)C.[H-].[Na+]. The van der Waals surface area contributed by atoms with Gasteiger partial charge < -0.3 is 6.33 Å². The van der Waals surface area contributed by atoms with Crippen molar-refractivity contribution in [3.63, 3.8) is 0 Å². The summed E-state index contributed by atoms with van der Waals surface area (Å²) in [5, 5.41) is 0. The molecule has 0 N–H and O–H groups in total. The van der Waals surface area contributed by atoms with Crippen LogP contribution in [0, 0.1) is 0 Å². The molecule has 0 amide bonds. The van der Waals surface area contributed by atoms with E-state index in [4.69, 9.17) is 0 Å². The Morgan fingerprint density at radius 1 is 1.33 bits per heavy atom. The third-order valence-electron chi connectivity index (χ3n) is 1.17. The molecule has 3 nitrogen and oxygen atoms in total. The predicted octanol–water partition coefficient (Wildman–Crippen LogP) is -1.75. The zero-order chi connectivity index (χ0) is 8.53. The van der Waals surface area contributed by atoms with Crippen molar-refractivity contribution in [1.82, 2.24) is 4.90 Å². The van der Waals surface area contributed by atoms with Crippen LogP contribution in [-0.2, 0) is 0 Å². The van der Waals surface area contributed by atoms with Gasteiger partial charge in [-0.3, -0.25) is 0 Å². The molecule has 0 aliphatic heterocycles. The number of aliphatic imine (C=N–C) groups is 2. The number of hydrogen-bond donors (Lipinski definition) is 0. The average Bonchev–Trinajstić information content (AvgIpc) is 1.96. The average molecular weight is 179 g/mol. The first kappa shape index (κ1) is 14.8. The van der Waals surface area contributed by atoms with Gasteiger partial charge in [0.15, 0.2) is 0 Å². The van der Waals surface area contributed by atoms with Crippen LogP contribution in [0.5, 0.6) is 0 Å². The van der Waals surface area contributed by atoms with Crippen LogP contribution in [0.25, 0.3) is 0 Å². The van der Waals surface area contributed by atoms with E-state index in [0.717, 1.165) is 26.1 Å². The molecule has 4 heteroatoms. The van der Waals surface area contributed by atoms with Crippen LogP contribution in [0.15, 0.2) is 9.98 Å². The number of hydrogen-bond acceptors (Lipinski definition) is 3. The summed E-state index contributed by atoms with van der Waals surface area (Å²) in [6.07, 6.45) is 1.08. The van der Waals surface area contributed by atoms with Crippen LogP contribution in [0.3, 0.4) is 0 Å². The monoisotopic (exact) mass is 179 g/mol. The van der Waals surface area contributed by atoms with Gasteiger partial charge >= 0.3 is 29.6 Å². The fourth-order valence-corrected chi connectivity index (χ4v) is 0.637. The second-order valence-electron chi connectivity index (χ2n) is 2.61. The predicted molar refractivity (Wildman–Crippen MR) is 49.6 cm³/mol. The Morgan fingerprint density at radius 2 is 2.00 bits per heavy atom. The maximum absolute atomic E-state index is 3.99. The Bertz CT molecular complexity index is 144. The van der Waals surface area contributed by atoms with Crippen LogP contribution in [-0.4, -0.2) is 44.6 Å². The summed E-state index contributed by atoms with van der Waals surface area (Å²) in [5.41, 5.74) is 0. The fraction of sp³-hybridized carbons (Fsp3) is 0.875. The van der Waals surface area contributed by atoms with Gasteiger partial charge in [-0.1, -0.05) is 0 Å². The van der Waals surface area contributed by atoms with Gasteiger partial charge in [0.1, 0.15) is 0 Å². The Kier molecular flexibility index (Phi) is 14.0. The number of rotatable bonds is 5. The first-order valence-electron chi connectivity index (χ1n) is 4.00. The third kappa shape index (κ3) is 13.0. The van der Waals surface area contributed by atoms with Crippen molar-refractivity contribution < 1.29 is 31.0 Å². The van der Waals surface area contributed by atoms with E-state index in [9.17, 15) is 0 Å². The molecule has 0 aromatic carbocycles. The fourth-order valence-electron chi connectivity index (χ4n) is 0.637. The van der Waals surface area contributed by atoms with E-state index in [1.807, 2.05) is 6.92 Å². The van der Waals surface area contributed by atoms with Crippen LogP contribution >= 0.6 is 0 Å². The van der Waals surface area contributed by atoms with Crippen molar-refractivity contribution in [2.75, 3.05) is 33.7 Å². The molecule has 0 unspecified atom stereocenters. The molecule has 0 aliphatic carbocycles. The quantitative estimate of drug-likeness (QED) is 0.279. The van der Waals surface area contributed by atoms with Crippen molar-refractivity contribution in [3.05, 3.63) is 0 Å². The van der Waals surface area contributed by atoms with Crippen molar-refractivity contribution in [2.45, 2.75) is 13.3 Å². The standard InChI is InChI=1S/C8H17N3.Na.H/c1-4-9-8-10-6-5-7-11(2)3;;/h4-7H2,1-3H3;;/q;+1;-1. The van der Waals surface area contributed by atoms with Crippen molar-refractivity contribution in [1.29, 1.82) is 0 Å². The van der Waals surface area contributed by atoms with E-state index in [0.29, 0.717) is 0 Å². The van der Waals surface area contributed by atoms with Crippen LogP contribution in [0.2, 0.25) is 0 Å². The van der Waals surface area contributed by atoms with Gasteiger partial charge in [-0.25, -0.2) is 9.98 Å². The van der Waals surface area contributed by atoms with Crippen LogP contribution in [0.1, 0.15) is 14.8 Å². The molecule has 66 valence electrons. The largest absolute Gasteiger partial charge is 1.00 e. The summed E-state index contributed by atoms with van der Waals surface area (Å²) in [4.78, 5) is 9.99. The van der Waals surface area contributed by atoms with Gasteiger partial charge in [0, 0.05) is 6.54 Å². The Balaban J connectivity index is -0.000000500. The molecule has 0 saturated heterocycles. The first-order valence-corrected chi connectivity index (χ1v) is 4.00. The van der Waals surface area contributed by atoms with Gasteiger partial charge in [-0.15, -0.1) is 0 Å². The molecule has 0 spiro atoms. The Morgan fingerprint density at radius 3 is 2.50 bits per heavy atom.